The van der Waals surface area contributed by atoms with Crippen LogP contribution in [0.2, 0.25) is 0 Å². The second-order valence-corrected chi connectivity index (χ2v) is 7.73. The number of rotatable bonds is 9. The van der Waals surface area contributed by atoms with Gasteiger partial charge in [0, 0.05) is 22.1 Å². The first-order chi connectivity index (χ1) is 16.9. The summed E-state index contributed by atoms with van der Waals surface area (Å²) in [5.74, 6) is 1.07. The summed E-state index contributed by atoms with van der Waals surface area (Å²) in [5.41, 5.74) is 2.93. The molecule has 1 N–H and O–H groups in total. The number of ketones is 1. The van der Waals surface area contributed by atoms with Gasteiger partial charge in [0.05, 0.1) is 27.8 Å². The van der Waals surface area contributed by atoms with Crippen LogP contribution in [0.25, 0.3) is 28.4 Å². The van der Waals surface area contributed by atoms with Crippen molar-refractivity contribution in [3.63, 3.8) is 0 Å². The maximum absolute atomic E-state index is 12.9. The van der Waals surface area contributed by atoms with Crippen LogP contribution in [0.15, 0.2) is 71.2 Å². The minimum Gasteiger partial charge on any atom is -0.497 e. The lowest BCUT2D eigenvalue weighted by Crippen LogP contribution is -2.01. The third-order valence-corrected chi connectivity index (χ3v) is 5.59. The number of hydrogen-bond acceptors (Lipinski definition) is 6. The van der Waals surface area contributed by atoms with Gasteiger partial charge < -0.3 is 23.7 Å². The predicted molar refractivity (Wildman–Crippen MR) is 132 cm³/mol. The molecule has 35 heavy (non-hydrogen) atoms. The molecule has 0 spiro atoms. The van der Waals surface area contributed by atoms with E-state index in [1.54, 1.807) is 82.0 Å². The Balaban J connectivity index is 1.69. The topological polar surface area (TPSA) is 95.2 Å². The van der Waals surface area contributed by atoms with Gasteiger partial charge in [-0.15, -0.1) is 0 Å². The highest BCUT2D eigenvalue weighted by Gasteiger charge is 2.19. The zero-order valence-electron chi connectivity index (χ0n) is 19.5. The molecular formula is C28H24O7. The van der Waals surface area contributed by atoms with Crippen molar-refractivity contribution in [1.82, 2.24) is 0 Å². The van der Waals surface area contributed by atoms with Gasteiger partial charge in [-0.2, -0.15) is 0 Å². The Bertz CT molecular complexity index is 1410. The van der Waals surface area contributed by atoms with Gasteiger partial charge in [-0.3, -0.25) is 9.59 Å². The molecule has 0 fully saturated rings. The number of aliphatic carboxylic acids is 1. The first kappa shape index (κ1) is 23.6. The molecule has 4 rings (SSSR count). The molecule has 4 aromatic rings. The predicted octanol–water partition coefficient (Wildman–Crippen LogP) is 5.65. The minimum absolute atomic E-state index is 0.227. The lowest BCUT2D eigenvalue weighted by molar-refractivity contribution is -0.136. The highest BCUT2D eigenvalue weighted by Crippen LogP contribution is 2.35. The normalized spacial score (nSPS) is 11.1. The average Bonchev–Trinajstić information content (AvgIpc) is 3.23. The van der Waals surface area contributed by atoms with Gasteiger partial charge >= 0.3 is 5.97 Å². The Morgan fingerprint density at radius 2 is 1.63 bits per heavy atom. The Morgan fingerprint density at radius 3 is 2.29 bits per heavy atom. The van der Waals surface area contributed by atoms with Crippen molar-refractivity contribution in [2.45, 2.75) is 6.42 Å². The molecular weight excluding hydrogens is 448 g/mol. The molecule has 1 aromatic heterocycles. The van der Waals surface area contributed by atoms with Crippen LogP contribution in [-0.2, 0) is 11.2 Å². The lowest BCUT2D eigenvalue weighted by Gasteiger charge is -2.07. The fourth-order valence-electron chi connectivity index (χ4n) is 3.83. The zero-order chi connectivity index (χ0) is 24.9. The van der Waals surface area contributed by atoms with Gasteiger partial charge in [-0.05, 0) is 66.2 Å². The summed E-state index contributed by atoms with van der Waals surface area (Å²) in [6, 6.07) is 17.5. The molecule has 178 valence electrons. The Labute approximate surface area is 202 Å². The highest BCUT2D eigenvalue weighted by molar-refractivity contribution is 6.09. The summed E-state index contributed by atoms with van der Waals surface area (Å²) in [7, 11) is 4.68. The number of carbonyl (C=O) groups is 2. The molecule has 0 unspecified atom stereocenters. The number of furan rings is 1. The zero-order valence-corrected chi connectivity index (χ0v) is 19.5. The maximum atomic E-state index is 12.9. The van der Waals surface area contributed by atoms with Crippen molar-refractivity contribution in [2.75, 3.05) is 21.3 Å². The van der Waals surface area contributed by atoms with E-state index < -0.39 is 5.97 Å². The number of carboxylic acid groups (broad SMARTS) is 1. The molecule has 0 aliphatic heterocycles. The van der Waals surface area contributed by atoms with Crippen LogP contribution in [0.1, 0.15) is 21.5 Å². The molecule has 0 atom stereocenters. The van der Waals surface area contributed by atoms with E-state index in [0.29, 0.717) is 45.1 Å². The number of carbonyl (C=O) groups excluding carboxylic acids is 1. The third-order valence-electron chi connectivity index (χ3n) is 5.59. The van der Waals surface area contributed by atoms with E-state index in [-0.39, 0.29) is 12.2 Å². The first-order valence-electron chi connectivity index (χ1n) is 10.8. The number of benzene rings is 3. The van der Waals surface area contributed by atoms with Crippen LogP contribution in [0.4, 0.5) is 0 Å². The van der Waals surface area contributed by atoms with E-state index >= 15 is 0 Å². The van der Waals surface area contributed by atoms with Crippen molar-refractivity contribution >= 4 is 28.8 Å². The van der Waals surface area contributed by atoms with E-state index in [2.05, 4.69) is 0 Å². The number of carboxylic acids is 1. The van der Waals surface area contributed by atoms with Crippen LogP contribution in [-0.4, -0.2) is 38.2 Å². The summed E-state index contributed by atoms with van der Waals surface area (Å²) < 4.78 is 21.8. The monoisotopic (exact) mass is 472 g/mol. The van der Waals surface area contributed by atoms with Crippen LogP contribution >= 0.6 is 0 Å². The Kier molecular flexibility index (Phi) is 6.87. The number of ether oxygens (including phenoxy) is 3. The van der Waals surface area contributed by atoms with Crippen molar-refractivity contribution < 1.29 is 33.3 Å². The van der Waals surface area contributed by atoms with Crippen LogP contribution in [0.5, 0.6) is 17.2 Å². The maximum Gasteiger partial charge on any atom is 0.307 e. The van der Waals surface area contributed by atoms with Crippen LogP contribution in [0.3, 0.4) is 0 Å². The number of hydrogen-bond donors (Lipinski definition) is 1. The summed E-state index contributed by atoms with van der Waals surface area (Å²) >= 11 is 0. The number of methoxy groups -OCH3 is 3. The Hall–Kier alpha value is -4.52. The van der Waals surface area contributed by atoms with Gasteiger partial charge in [0.15, 0.2) is 17.3 Å². The molecule has 0 aliphatic rings. The van der Waals surface area contributed by atoms with E-state index in [0.717, 1.165) is 11.1 Å². The number of allylic oxidation sites excluding steroid dienone is 1. The number of fused-ring (bicyclic) bond motifs is 1. The van der Waals surface area contributed by atoms with Crippen LogP contribution < -0.4 is 14.2 Å². The second-order valence-electron chi connectivity index (χ2n) is 7.73. The summed E-state index contributed by atoms with van der Waals surface area (Å²) in [4.78, 5) is 24.5. The standard InChI is InChI=1S/C28H24O7/c1-32-20-9-6-18(7-10-20)28-22(16-27(30)31)21-15-19(8-13-24(21)35-28)23(29)11-4-17-5-12-25(33-2)26(14-17)34-3/h4-15H,16H2,1-3H3,(H,30,31)/b11-4+. The molecule has 0 aliphatic carbocycles. The molecule has 3 aromatic carbocycles. The first-order valence-corrected chi connectivity index (χ1v) is 10.8. The smallest absolute Gasteiger partial charge is 0.307 e. The van der Waals surface area contributed by atoms with Crippen molar-refractivity contribution in [1.29, 1.82) is 0 Å². The average molecular weight is 472 g/mol. The molecule has 1 heterocycles. The van der Waals surface area contributed by atoms with Crippen molar-refractivity contribution in [2.24, 2.45) is 0 Å². The van der Waals surface area contributed by atoms with Gasteiger partial charge in [0.25, 0.3) is 0 Å². The van der Waals surface area contributed by atoms with Crippen molar-refractivity contribution in [3.8, 4) is 28.6 Å². The molecule has 7 nitrogen and oxygen atoms in total. The second kappa shape index (κ2) is 10.2. The fraction of sp³-hybridized carbons (Fsp3) is 0.143. The fourth-order valence-corrected chi connectivity index (χ4v) is 3.83. The quantitative estimate of drug-likeness (QED) is 0.248. The van der Waals surface area contributed by atoms with E-state index in [1.807, 2.05) is 6.07 Å². The van der Waals surface area contributed by atoms with Gasteiger partial charge in [0.2, 0.25) is 0 Å². The third kappa shape index (κ3) is 5.04. The summed E-state index contributed by atoms with van der Waals surface area (Å²) in [6.07, 6.45) is 2.90. The lowest BCUT2D eigenvalue weighted by atomic mass is 10.00. The molecule has 0 bridgehead atoms. The van der Waals surface area contributed by atoms with E-state index in [9.17, 15) is 14.7 Å². The highest BCUT2D eigenvalue weighted by atomic mass is 16.5. The molecule has 7 heteroatoms. The summed E-state index contributed by atoms with van der Waals surface area (Å²) in [6.45, 7) is 0. The van der Waals surface area contributed by atoms with Gasteiger partial charge in [-0.1, -0.05) is 12.1 Å². The van der Waals surface area contributed by atoms with Crippen LogP contribution in [0, 0.1) is 0 Å². The minimum atomic E-state index is -0.993. The molecule has 0 saturated heterocycles. The molecule has 0 amide bonds. The molecule has 0 saturated carbocycles. The van der Waals surface area contributed by atoms with Crippen molar-refractivity contribution in [3.05, 3.63) is 83.4 Å². The van der Waals surface area contributed by atoms with E-state index in [1.165, 1.54) is 6.08 Å². The molecule has 0 radical (unpaired) electrons. The van der Waals surface area contributed by atoms with Gasteiger partial charge in [0.1, 0.15) is 17.1 Å². The SMILES string of the molecule is COc1ccc(-c2oc3ccc(C(=O)/C=C/c4ccc(OC)c(OC)c4)cc3c2CC(=O)O)cc1. The van der Waals surface area contributed by atoms with Gasteiger partial charge in [-0.25, -0.2) is 0 Å². The summed E-state index contributed by atoms with van der Waals surface area (Å²) in [5, 5.41) is 10.1. The van der Waals surface area contributed by atoms with E-state index in [4.69, 9.17) is 18.6 Å². The Morgan fingerprint density at radius 1 is 0.886 bits per heavy atom. The largest absolute Gasteiger partial charge is 0.497 e.